The molecule has 0 spiro atoms. The monoisotopic (exact) mass is 355 g/mol. The van der Waals surface area contributed by atoms with E-state index in [1.807, 2.05) is 6.92 Å². The Bertz CT molecular complexity index is 665. The van der Waals surface area contributed by atoms with Crippen LogP contribution in [0.2, 0.25) is 0 Å². The number of aryl methyl sites for hydroxylation is 1. The van der Waals surface area contributed by atoms with Crippen LogP contribution in [0.15, 0.2) is 30.3 Å². The summed E-state index contributed by atoms with van der Waals surface area (Å²) in [4.78, 5) is 28.7. The van der Waals surface area contributed by atoms with Crippen LogP contribution in [0.5, 0.6) is 0 Å². The van der Waals surface area contributed by atoms with Gasteiger partial charge in [0.2, 0.25) is 0 Å². The molecule has 1 aliphatic carbocycles. The van der Waals surface area contributed by atoms with Crippen LogP contribution in [-0.2, 0) is 11.2 Å². The number of nitrogens with zero attached hydrogens (tertiary/aromatic N) is 2. The Balaban J connectivity index is 1.25. The van der Waals surface area contributed by atoms with E-state index in [4.69, 9.17) is 0 Å². The van der Waals surface area contributed by atoms with Crippen LogP contribution in [0.3, 0.4) is 0 Å². The second-order valence-electron chi connectivity index (χ2n) is 8.37. The summed E-state index contributed by atoms with van der Waals surface area (Å²) in [5, 5.41) is 2.94. The SMILES string of the molecule is C[C@]1(C2CC2)NC(=O)N(CN2CCC(CCc3ccccc3)CC2)C1=O. The zero-order valence-corrected chi connectivity index (χ0v) is 15.6. The summed E-state index contributed by atoms with van der Waals surface area (Å²) >= 11 is 0. The van der Waals surface area contributed by atoms with Gasteiger partial charge in [0.05, 0.1) is 6.67 Å². The van der Waals surface area contributed by atoms with Crippen molar-refractivity contribution >= 4 is 11.9 Å². The maximum atomic E-state index is 12.7. The second kappa shape index (κ2) is 7.03. The molecule has 26 heavy (non-hydrogen) atoms. The molecule has 0 bridgehead atoms. The van der Waals surface area contributed by atoms with Crippen molar-refractivity contribution in [1.29, 1.82) is 0 Å². The molecule has 1 N–H and O–H groups in total. The van der Waals surface area contributed by atoms with Gasteiger partial charge in [0, 0.05) is 13.1 Å². The Morgan fingerprint density at radius 3 is 2.42 bits per heavy atom. The summed E-state index contributed by atoms with van der Waals surface area (Å²) in [6, 6.07) is 10.5. The lowest BCUT2D eigenvalue weighted by atomic mass is 9.90. The topological polar surface area (TPSA) is 52.7 Å². The molecular formula is C21H29N3O2. The summed E-state index contributed by atoms with van der Waals surface area (Å²) in [5.41, 5.74) is 0.749. The van der Waals surface area contributed by atoms with Crippen LogP contribution < -0.4 is 5.32 Å². The first kappa shape index (κ1) is 17.5. The lowest BCUT2D eigenvalue weighted by Crippen LogP contribution is -2.48. The van der Waals surface area contributed by atoms with Crippen LogP contribution in [0.25, 0.3) is 0 Å². The minimum absolute atomic E-state index is 0.0313. The van der Waals surface area contributed by atoms with E-state index in [1.54, 1.807) is 0 Å². The molecule has 0 aromatic heterocycles. The quantitative estimate of drug-likeness (QED) is 0.798. The summed E-state index contributed by atoms with van der Waals surface area (Å²) in [7, 11) is 0. The molecule has 1 atom stereocenters. The van der Waals surface area contributed by atoms with Crippen LogP contribution in [0.1, 0.15) is 44.6 Å². The molecular weight excluding hydrogens is 326 g/mol. The fraction of sp³-hybridized carbons (Fsp3) is 0.619. The van der Waals surface area contributed by atoms with E-state index in [-0.39, 0.29) is 11.9 Å². The predicted molar refractivity (Wildman–Crippen MR) is 100 cm³/mol. The Hall–Kier alpha value is -1.88. The maximum absolute atomic E-state index is 12.7. The first-order valence-corrected chi connectivity index (χ1v) is 9.96. The van der Waals surface area contributed by atoms with Gasteiger partial charge in [-0.2, -0.15) is 0 Å². The van der Waals surface area contributed by atoms with Gasteiger partial charge in [0.15, 0.2) is 0 Å². The number of urea groups is 1. The number of amides is 3. The maximum Gasteiger partial charge on any atom is 0.326 e. The zero-order chi connectivity index (χ0) is 18.1. The zero-order valence-electron chi connectivity index (χ0n) is 15.6. The van der Waals surface area contributed by atoms with E-state index in [1.165, 1.54) is 16.9 Å². The number of hydrogen-bond acceptors (Lipinski definition) is 3. The third kappa shape index (κ3) is 3.50. The number of carbonyl (C=O) groups excluding carboxylic acids is 2. The van der Waals surface area contributed by atoms with Gasteiger partial charge in [-0.3, -0.25) is 9.69 Å². The van der Waals surface area contributed by atoms with Crippen LogP contribution in [0, 0.1) is 11.8 Å². The van der Waals surface area contributed by atoms with Gasteiger partial charge in [-0.1, -0.05) is 30.3 Å². The van der Waals surface area contributed by atoms with E-state index < -0.39 is 5.54 Å². The average Bonchev–Trinajstić information content (AvgIpc) is 3.48. The predicted octanol–water partition coefficient (Wildman–Crippen LogP) is 3.01. The van der Waals surface area contributed by atoms with Crippen molar-refractivity contribution in [2.75, 3.05) is 19.8 Å². The molecule has 5 nitrogen and oxygen atoms in total. The number of nitrogens with one attached hydrogen (secondary N) is 1. The molecule has 3 aliphatic rings. The van der Waals surface area contributed by atoms with Gasteiger partial charge in [0.25, 0.3) is 5.91 Å². The van der Waals surface area contributed by atoms with Gasteiger partial charge < -0.3 is 5.32 Å². The summed E-state index contributed by atoms with van der Waals surface area (Å²) in [5.74, 6) is 1.04. The van der Waals surface area contributed by atoms with Gasteiger partial charge >= 0.3 is 6.03 Å². The Morgan fingerprint density at radius 1 is 1.08 bits per heavy atom. The fourth-order valence-corrected chi connectivity index (χ4v) is 4.41. The Labute approximate surface area is 155 Å². The molecule has 3 fully saturated rings. The molecule has 140 valence electrons. The summed E-state index contributed by atoms with van der Waals surface area (Å²) < 4.78 is 0. The third-order valence-corrected chi connectivity index (χ3v) is 6.43. The molecule has 1 aromatic carbocycles. The molecule has 5 heteroatoms. The fourth-order valence-electron chi connectivity index (χ4n) is 4.41. The summed E-state index contributed by atoms with van der Waals surface area (Å²) in [6.45, 7) is 4.27. The number of imide groups is 1. The molecule has 4 rings (SSSR count). The minimum atomic E-state index is -0.662. The third-order valence-electron chi connectivity index (χ3n) is 6.43. The van der Waals surface area contributed by atoms with E-state index in [0.29, 0.717) is 12.6 Å². The first-order chi connectivity index (χ1) is 12.6. The number of benzene rings is 1. The highest BCUT2D eigenvalue weighted by Crippen LogP contribution is 2.42. The first-order valence-electron chi connectivity index (χ1n) is 9.96. The molecule has 2 heterocycles. The lowest BCUT2D eigenvalue weighted by Gasteiger charge is -2.34. The van der Waals surface area contributed by atoms with Crippen LogP contribution >= 0.6 is 0 Å². The highest BCUT2D eigenvalue weighted by atomic mass is 16.2. The highest BCUT2D eigenvalue weighted by molar-refractivity contribution is 6.07. The van der Waals surface area contributed by atoms with Crippen molar-refractivity contribution < 1.29 is 9.59 Å². The molecule has 1 aromatic rings. The molecule has 1 saturated carbocycles. The number of piperidine rings is 1. The van der Waals surface area contributed by atoms with Crippen molar-refractivity contribution in [2.45, 2.75) is 51.0 Å². The Kier molecular flexibility index (Phi) is 4.74. The van der Waals surface area contributed by atoms with Gasteiger partial charge in [0.1, 0.15) is 5.54 Å². The molecule has 3 amide bonds. The van der Waals surface area contributed by atoms with Crippen molar-refractivity contribution in [3.8, 4) is 0 Å². The normalized spacial score (nSPS) is 27.8. The minimum Gasteiger partial charge on any atom is -0.323 e. The van der Waals surface area contributed by atoms with Crippen molar-refractivity contribution in [1.82, 2.24) is 15.1 Å². The number of rotatable bonds is 6. The lowest BCUT2D eigenvalue weighted by molar-refractivity contribution is -0.133. The second-order valence-corrected chi connectivity index (χ2v) is 8.37. The van der Waals surface area contributed by atoms with E-state index in [9.17, 15) is 9.59 Å². The molecule has 2 aliphatic heterocycles. The standard InChI is InChI=1S/C21H29N3O2/c1-21(18-9-10-18)19(25)24(20(26)22-21)15-23-13-11-17(12-14-23)8-7-16-5-3-2-4-6-16/h2-6,17-18H,7-15H2,1H3,(H,22,26)/t21-/m1/s1. The van der Waals surface area contributed by atoms with Crippen molar-refractivity contribution in [3.05, 3.63) is 35.9 Å². The average molecular weight is 355 g/mol. The van der Waals surface area contributed by atoms with Crippen LogP contribution in [-0.4, -0.2) is 47.0 Å². The number of hydrogen-bond donors (Lipinski definition) is 1. The number of likely N-dealkylation sites (tertiary alicyclic amines) is 1. The smallest absolute Gasteiger partial charge is 0.323 e. The summed E-state index contributed by atoms with van der Waals surface area (Å²) in [6.07, 6.45) is 6.75. The largest absolute Gasteiger partial charge is 0.326 e. The van der Waals surface area contributed by atoms with Crippen molar-refractivity contribution in [2.24, 2.45) is 11.8 Å². The van der Waals surface area contributed by atoms with E-state index >= 15 is 0 Å². The van der Waals surface area contributed by atoms with Crippen LogP contribution in [0.4, 0.5) is 4.79 Å². The van der Waals surface area contributed by atoms with E-state index in [0.717, 1.165) is 51.1 Å². The Morgan fingerprint density at radius 2 is 1.77 bits per heavy atom. The molecule has 0 radical (unpaired) electrons. The molecule has 0 unspecified atom stereocenters. The number of carbonyl (C=O) groups is 2. The van der Waals surface area contributed by atoms with Crippen molar-refractivity contribution in [3.63, 3.8) is 0 Å². The van der Waals surface area contributed by atoms with Gasteiger partial charge in [-0.15, -0.1) is 0 Å². The van der Waals surface area contributed by atoms with Gasteiger partial charge in [-0.05, 0) is 62.8 Å². The molecule has 2 saturated heterocycles. The highest BCUT2D eigenvalue weighted by Gasteiger charge is 2.56. The van der Waals surface area contributed by atoms with E-state index in [2.05, 4.69) is 40.5 Å². The van der Waals surface area contributed by atoms with Gasteiger partial charge in [-0.25, -0.2) is 9.69 Å².